The number of quaternary nitrogens is 1. The largest absolute Gasteiger partial charge is 0.633 e. The number of unbranched alkanes of at least 4 members (excludes halogenated alkanes) is 21. The first-order chi connectivity index (χ1) is 21.2. The van der Waals surface area contributed by atoms with Crippen molar-refractivity contribution >= 4 is 17.6 Å². The molecule has 0 fully saturated rings. The average molecular weight is 624 g/mol. The summed E-state index contributed by atoms with van der Waals surface area (Å²) in [4.78, 5) is 36.0. The third-order valence-electron chi connectivity index (χ3n) is 8.54. The van der Waals surface area contributed by atoms with Gasteiger partial charge in [0, 0.05) is 38.8 Å². The van der Waals surface area contributed by atoms with Crippen LogP contribution in [0.5, 0.6) is 0 Å². The molecule has 0 aromatic rings. The van der Waals surface area contributed by atoms with Crippen molar-refractivity contribution in [2.75, 3.05) is 33.7 Å². The average Bonchev–Trinajstić information content (AvgIpc) is 2.98. The molecule has 0 spiro atoms. The maximum Gasteiger partial charge on any atom is 0.220 e. The number of carbonyl (C=O) groups excluding carboxylic acids is 3. The Kier molecular flexibility index (Phi) is 30.5. The molecule has 0 aliphatic heterocycles. The van der Waals surface area contributed by atoms with Crippen LogP contribution in [-0.2, 0) is 14.4 Å². The van der Waals surface area contributed by atoms with Crippen molar-refractivity contribution in [2.45, 2.75) is 187 Å². The van der Waals surface area contributed by atoms with Crippen LogP contribution < -0.4 is 10.6 Å². The molecular weight excluding hydrogens is 550 g/mol. The molecule has 0 aliphatic carbocycles. The molecule has 0 atom stereocenters. The lowest BCUT2D eigenvalue weighted by molar-refractivity contribution is -0.840. The highest BCUT2D eigenvalue weighted by atomic mass is 16.5. The predicted octanol–water partition coefficient (Wildman–Crippen LogP) is 9.30. The zero-order valence-electron chi connectivity index (χ0n) is 29.5. The van der Waals surface area contributed by atoms with E-state index < -0.39 is 0 Å². The Morgan fingerprint density at radius 1 is 0.455 bits per heavy atom. The van der Waals surface area contributed by atoms with Crippen LogP contribution in [0, 0.1) is 5.21 Å². The summed E-state index contributed by atoms with van der Waals surface area (Å²) in [5, 5.41) is 17.3. The molecule has 2 N–H and O–H groups in total. The summed E-state index contributed by atoms with van der Waals surface area (Å²) in [7, 11) is 3.31. The summed E-state index contributed by atoms with van der Waals surface area (Å²) in [6.45, 7) is 4.05. The van der Waals surface area contributed by atoms with Crippen LogP contribution >= 0.6 is 0 Å². The zero-order chi connectivity index (χ0) is 32.6. The van der Waals surface area contributed by atoms with E-state index in [4.69, 9.17) is 0 Å². The summed E-state index contributed by atoms with van der Waals surface area (Å²) in [6, 6.07) is 0. The van der Waals surface area contributed by atoms with Crippen molar-refractivity contribution in [3.8, 4) is 0 Å². The van der Waals surface area contributed by atoms with Gasteiger partial charge in [-0.2, -0.15) is 0 Å². The highest BCUT2D eigenvalue weighted by Crippen LogP contribution is 2.15. The molecule has 44 heavy (non-hydrogen) atoms. The second-order valence-electron chi connectivity index (χ2n) is 13.7. The predicted molar refractivity (Wildman–Crippen MR) is 186 cm³/mol. The maximum absolute atomic E-state index is 12.1. The Morgan fingerprint density at radius 2 is 0.841 bits per heavy atom. The minimum absolute atomic E-state index is 0.0755. The number of carbonyl (C=O) groups is 3. The van der Waals surface area contributed by atoms with E-state index in [9.17, 15) is 19.6 Å². The van der Waals surface area contributed by atoms with Crippen LogP contribution in [0.1, 0.15) is 187 Å². The molecule has 0 heterocycles. The van der Waals surface area contributed by atoms with Crippen molar-refractivity contribution in [2.24, 2.45) is 0 Å². The molecule has 0 aromatic heterocycles. The van der Waals surface area contributed by atoms with E-state index in [0.29, 0.717) is 38.9 Å². The lowest BCUT2D eigenvalue weighted by Gasteiger charge is -2.33. The minimum atomic E-state index is -0.253. The molecule has 0 radical (unpaired) electrons. The van der Waals surface area contributed by atoms with Gasteiger partial charge in [-0.15, -0.1) is 0 Å². The second-order valence-corrected chi connectivity index (χ2v) is 13.7. The standard InChI is InChI=1S/C37H73N3O4/c1-4-5-6-7-8-9-10-11-12-13-14-15-16-17-18-19-20-21-24-29-36(42)39-33-27-28-35(41)30-31-37(43)38-32-25-22-23-26-34-40(2,3)44/h4-34H2,1-3H3,(H,38,43)(H,39,42). The SMILES string of the molecule is CCCCCCCCCCCCCCCCCCCCCC(=O)NCCCC(=O)CCC(=O)NCCCCCC[N+](C)(C)[O-]. The van der Waals surface area contributed by atoms with E-state index in [1.807, 2.05) is 0 Å². The fourth-order valence-corrected chi connectivity index (χ4v) is 5.63. The van der Waals surface area contributed by atoms with E-state index >= 15 is 0 Å². The van der Waals surface area contributed by atoms with Gasteiger partial charge in [-0.25, -0.2) is 0 Å². The van der Waals surface area contributed by atoms with Gasteiger partial charge < -0.3 is 20.5 Å². The summed E-state index contributed by atoms with van der Waals surface area (Å²) < 4.78 is -0.253. The van der Waals surface area contributed by atoms with E-state index in [2.05, 4.69) is 17.6 Å². The van der Waals surface area contributed by atoms with Gasteiger partial charge in [0.25, 0.3) is 0 Å². The van der Waals surface area contributed by atoms with Gasteiger partial charge >= 0.3 is 0 Å². The maximum atomic E-state index is 12.1. The number of amides is 2. The molecule has 0 aliphatic rings. The van der Waals surface area contributed by atoms with Crippen LogP contribution in [0.25, 0.3) is 0 Å². The Hall–Kier alpha value is -1.47. The van der Waals surface area contributed by atoms with E-state index in [1.54, 1.807) is 14.1 Å². The molecule has 0 unspecified atom stereocenters. The molecule has 0 aromatic carbocycles. The third-order valence-corrected chi connectivity index (χ3v) is 8.54. The van der Waals surface area contributed by atoms with Crippen LogP contribution in [0.15, 0.2) is 0 Å². The number of hydroxylamine groups is 3. The number of rotatable bonds is 34. The molecule has 0 saturated carbocycles. The van der Waals surface area contributed by atoms with Gasteiger partial charge in [-0.3, -0.25) is 14.4 Å². The first-order valence-electron chi connectivity index (χ1n) is 18.8. The quantitative estimate of drug-likeness (QED) is 0.0424. The Balaban J connectivity index is 3.36. The number of nitrogens with zero attached hydrogens (tertiary/aromatic N) is 1. The Morgan fingerprint density at radius 3 is 1.32 bits per heavy atom. The highest BCUT2D eigenvalue weighted by Gasteiger charge is 2.08. The summed E-state index contributed by atoms with van der Waals surface area (Å²) in [6.07, 6.45) is 31.5. The number of nitrogens with one attached hydrogen (secondary N) is 2. The van der Waals surface area contributed by atoms with Crippen LogP contribution in [0.4, 0.5) is 0 Å². The monoisotopic (exact) mass is 624 g/mol. The zero-order valence-corrected chi connectivity index (χ0v) is 29.5. The number of hydrogen-bond acceptors (Lipinski definition) is 4. The lowest BCUT2D eigenvalue weighted by Crippen LogP contribution is -2.33. The van der Waals surface area contributed by atoms with Gasteiger partial charge in [-0.1, -0.05) is 129 Å². The normalized spacial score (nSPS) is 11.5. The van der Waals surface area contributed by atoms with E-state index in [0.717, 1.165) is 38.5 Å². The highest BCUT2D eigenvalue weighted by molar-refractivity contribution is 5.84. The first kappa shape index (κ1) is 42.5. The first-order valence-corrected chi connectivity index (χ1v) is 18.8. The van der Waals surface area contributed by atoms with Gasteiger partial charge in [0.2, 0.25) is 11.8 Å². The molecule has 0 rings (SSSR count). The summed E-state index contributed by atoms with van der Waals surface area (Å²) in [5.41, 5.74) is 0. The number of ketones is 1. The fraction of sp³-hybridized carbons (Fsp3) is 0.919. The molecule has 260 valence electrons. The molecule has 2 amide bonds. The Labute approximate surface area is 272 Å². The van der Waals surface area contributed by atoms with Gasteiger partial charge in [0.15, 0.2) is 0 Å². The van der Waals surface area contributed by atoms with E-state index in [-0.39, 0.29) is 35.1 Å². The second kappa shape index (κ2) is 31.5. The molecule has 0 saturated heterocycles. The number of hydrogen-bond donors (Lipinski definition) is 2. The van der Waals surface area contributed by atoms with Crippen molar-refractivity contribution in [1.82, 2.24) is 10.6 Å². The third kappa shape index (κ3) is 35.0. The van der Waals surface area contributed by atoms with Crippen molar-refractivity contribution in [3.05, 3.63) is 5.21 Å². The topological polar surface area (TPSA) is 98.3 Å². The minimum Gasteiger partial charge on any atom is -0.633 e. The van der Waals surface area contributed by atoms with Crippen molar-refractivity contribution in [3.63, 3.8) is 0 Å². The summed E-state index contributed by atoms with van der Waals surface area (Å²) >= 11 is 0. The van der Waals surface area contributed by atoms with Gasteiger partial charge in [-0.05, 0) is 32.1 Å². The van der Waals surface area contributed by atoms with Crippen molar-refractivity contribution in [1.29, 1.82) is 0 Å². The fourth-order valence-electron chi connectivity index (χ4n) is 5.63. The van der Waals surface area contributed by atoms with Gasteiger partial charge in [0.05, 0.1) is 20.6 Å². The Bertz CT molecular complexity index is 678. The lowest BCUT2D eigenvalue weighted by atomic mass is 10.0. The van der Waals surface area contributed by atoms with E-state index in [1.165, 1.54) is 109 Å². The van der Waals surface area contributed by atoms with Crippen LogP contribution in [0.2, 0.25) is 0 Å². The number of Topliss-reactive ketones (excluding diaryl/α,β-unsaturated/α-hetero) is 1. The molecule has 7 heteroatoms. The smallest absolute Gasteiger partial charge is 0.220 e. The van der Waals surface area contributed by atoms with Gasteiger partial charge in [0.1, 0.15) is 5.78 Å². The summed E-state index contributed by atoms with van der Waals surface area (Å²) in [5.74, 6) is 0.0785. The van der Waals surface area contributed by atoms with Crippen molar-refractivity contribution < 1.29 is 19.0 Å². The molecular formula is C37H73N3O4. The van der Waals surface area contributed by atoms with Crippen LogP contribution in [0.3, 0.4) is 0 Å². The van der Waals surface area contributed by atoms with Crippen LogP contribution in [-0.4, -0.2) is 56.0 Å². The molecule has 0 bridgehead atoms. The molecule has 7 nitrogen and oxygen atoms in total.